The average molecular weight is 259 g/mol. The van der Waals surface area contributed by atoms with Crippen LogP contribution in [0.15, 0.2) is 18.2 Å². The number of methoxy groups -OCH3 is 1. The maximum atomic E-state index is 10.7. The van der Waals surface area contributed by atoms with Gasteiger partial charge in [-0.3, -0.25) is 4.79 Å². The van der Waals surface area contributed by atoms with Gasteiger partial charge in [-0.15, -0.1) is 0 Å². The molecule has 0 aliphatic heterocycles. The molecule has 0 aromatic heterocycles. The van der Waals surface area contributed by atoms with Crippen molar-refractivity contribution in [2.75, 3.05) is 33.5 Å². The molecule has 0 amide bonds. The highest BCUT2D eigenvalue weighted by molar-refractivity contribution is 6.30. The molecule has 0 unspecified atom stereocenters. The van der Waals surface area contributed by atoms with Gasteiger partial charge in [-0.1, -0.05) is 11.6 Å². The first-order valence-corrected chi connectivity index (χ1v) is 5.60. The Balaban J connectivity index is 2.35. The highest BCUT2D eigenvalue weighted by atomic mass is 35.5. The minimum absolute atomic E-state index is 0.366. The maximum Gasteiger partial charge on any atom is 0.153 e. The summed E-state index contributed by atoms with van der Waals surface area (Å²) in [4.78, 5) is 10.7. The lowest BCUT2D eigenvalue weighted by molar-refractivity contribution is 0.0543. The van der Waals surface area contributed by atoms with Crippen molar-refractivity contribution >= 4 is 17.9 Å². The van der Waals surface area contributed by atoms with Crippen molar-refractivity contribution < 1.29 is 19.0 Å². The molecule has 0 aliphatic rings. The molecular formula is C12H15ClO4. The fraction of sp³-hybridized carbons (Fsp3) is 0.417. The van der Waals surface area contributed by atoms with Gasteiger partial charge in [-0.25, -0.2) is 0 Å². The zero-order valence-corrected chi connectivity index (χ0v) is 10.4. The van der Waals surface area contributed by atoms with Crippen LogP contribution in [0.3, 0.4) is 0 Å². The molecule has 94 valence electrons. The van der Waals surface area contributed by atoms with Crippen LogP contribution in [0.5, 0.6) is 5.75 Å². The predicted molar refractivity (Wildman–Crippen MR) is 65.0 cm³/mol. The van der Waals surface area contributed by atoms with Crippen molar-refractivity contribution in [1.82, 2.24) is 0 Å². The van der Waals surface area contributed by atoms with E-state index in [4.69, 9.17) is 25.8 Å². The van der Waals surface area contributed by atoms with Crippen LogP contribution in [0.4, 0.5) is 0 Å². The van der Waals surface area contributed by atoms with E-state index in [9.17, 15) is 4.79 Å². The van der Waals surface area contributed by atoms with Gasteiger partial charge in [0.2, 0.25) is 0 Å². The molecule has 1 aromatic carbocycles. The summed E-state index contributed by atoms with van der Waals surface area (Å²) in [5.74, 6) is 0.475. The van der Waals surface area contributed by atoms with Crippen molar-refractivity contribution in [1.29, 1.82) is 0 Å². The van der Waals surface area contributed by atoms with Gasteiger partial charge in [0.05, 0.1) is 25.4 Å². The molecule has 0 aliphatic carbocycles. The number of carbonyl (C=O) groups excluding carboxylic acids is 1. The van der Waals surface area contributed by atoms with Gasteiger partial charge >= 0.3 is 0 Å². The maximum absolute atomic E-state index is 10.7. The monoisotopic (exact) mass is 258 g/mol. The van der Waals surface area contributed by atoms with Gasteiger partial charge in [0.15, 0.2) is 6.29 Å². The zero-order valence-electron chi connectivity index (χ0n) is 9.65. The van der Waals surface area contributed by atoms with Crippen molar-refractivity contribution in [2.24, 2.45) is 0 Å². The average Bonchev–Trinajstić information content (AvgIpc) is 2.34. The van der Waals surface area contributed by atoms with Crippen molar-refractivity contribution in [2.45, 2.75) is 0 Å². The SMILES string of the molecule is COCCOCCOc1cc(Cl)ccc1C=O. The van der Waals surface area contributed by atoms with Crippen LogP contribution in [-0.2, 0) is 9.47 Å². The molecular weight excluding hydrogens is 244 g/mol. The van der Waals surface area contributed by atoms with Gasteiger partial charge in [-0.2, -0.15) is 0 Å². The van der Waals surface area contributed by atoms with Crippen molar-refractivity contribution in [3.63, 3.8) is 0 Å². The molecule has 0 heterocycles. The third-order valence-corrected chi connectivity index (χ3v) is 2.25. The standard InChI is InChI=1S/C12H15ClO4/c1-15-4-5-16-6-7-17-12-8-11(13)3-2-10(12)9-14/h2-3,8-9H,4-7H2,1H3. The number of hydrogen-bond donors (Lipinski definition) is 0. The number of hydrogen-bond acceptors (Lipinski definition) is 4. The summed E-state index contributed by atoms with van der Waals surface area (Å²) in [6.07, 6.45) is 0.734. The number of ether oxygens (including phenoxy) is 3. The molecule has 0 bridgehead atoms. The second-order valence-corrected chi connectivity index (χ2v) is 3.69. The quantitative estimate of drug-likeness (QED) is 0.530. The number of carbonyl (C=O) groups is 1. The second-order valence-electron chi connectivity index (χ2n) is 3.25. The van der Waals surface area contributed by atoms with Crippen LogP contribution in [0.25, 0.3) is 0 Å². The van der Waals surface area contributed by atoms with E-state index in [2.05, 4.69) is 0 Å². The van der Waals surface area contributed by atoms with Crippen LogP contribution >= 0.6 is 11.6 Å². The molecule has 1 rings (SSSR count). The van der Waals surface area contributed by atoms with Gasteiger partial charge in [0.25, 0.3) is 0 Å². The predicted octanol–water partition coefficient (Wildman–Crippen LogP) is 2.19. The van der Waals surface area contributed by atoms with E-state index in [0.29, 0.717) is 42.8 Å². The third kappa shape index (κ3) is 5.17. The summed E-state index contributed by atoms with van der Waals surface area (Å²) >= 11 is 5.81. The molecule has 1 aromatic rings. The lowest BCUT2D eigenvalue weighted by Gasteiger charge is -2.09. The number of halogens is 1. The Bertz CT molecular complexity index is 354. The smallest absolute Gasteiger partial charge is 0.153 e. The lowest BCUT2D eigenvalue weighted by Crippen LogP contribution is -2.10. The summed E-state index contributed by atoms with van der Waals surface area (Å²) in [6.45, 7) is 1.88. The Hall–Kier alpha value is -1.10. The molecule has 17 heavy (non-hydrogen) atoms. The van der Waals surface area contributed by atoms with Crippen LogP contribution in [0.1, 0.15) is 10.4 Å². The topological polar surface area (TPSA) is 44.8 Å². The Morgan fingerprint density at radius 2 is 2.00 bits per heavy atom. The first kappa shape index (κ1) is 14.0. The van der Waals surface area contributed by atoms with Gasteiger partial charge in [-0.05, 0) is 18.2 Å². The van der Waals surface area contributed by atoms with E-state index in [-0.39, 0.29) is 0 Å². The molecule has 0 fully saturated rings. The normalized spacial score (nSPS) is 10.2. The molecule has 4 nitrogen and oxygen atoms in total. The molecule has 0 saturated heterocycles. The van der Waals surface area contributed by atoms with Crippen molar-refractivity contribution in [3.8, 4) is 5.75 Å². The minimum atomic E-state index is 0.366. The Morgan fingerprint density at radius 3 is 2.71 bits per heavy atom. The summed E-state index contributed by atoms with van der Waals surface area (Å²) < 4.78 is 15.5. The fourth-order valence-electron chi connectivity index (χ4n) is 1.19. The van der Waals surface area contributed by atoms with Gasteiger partial charge in [0.1, 0.15) is 12.4 Å². The van der Waals surface area contributed by atoms with Crippen LogP contribution in [0.2, 0.25) is 5.02 Å². The number of aldehydes is 1. The molecule has 0 N–H and O–H groups in total. The van der Waals surface area contributed by atoms with Crippen LogP contribution in [0, 0.1) is 0 Å². The minimum Gasteiger partial charge on any atom is -0.490 e. The van der Waals surface area contributed by atoms with E-state index in [1.54, 1.807) is 25.3 Å². The van der Waals surface area contributed by atoms with E-state index in [0.717, 1.165) is 6.29 Å². The molecule has 0 spiro atoms. The summed E-state index contributed by atoms with van der Waals surface area (Å²) in [5.41, 5.74) is 0.478. The summed E-state index contributed by atoms with van der Waals surface area (Å²) in [7, 11) is 1.61. The zero-order chi connectivity index (χ0) is 12.5. The van der Waals surface area contributed by atoms with Crippen LogP contribution in [-0.4, -0.2) is 39.8 Å². The highest BCUT2D eigenvalue weighted by Crippen LogP contribution is 2.21. The Morgan fingerprint density at radius 1 is 1.24 bits per heavy atom. The Labute approximate surface area is 105 Å². The van der Waals surface area contributed by atoms with E-state index in [1.807, 2.05) is 0 Å². The second kappa shape index (κ2) is 8.06. The van der Waals surface area contributed by atoms with Crippen LogP contribution < -0.4 is 4.74 Å². The summed E-state index contributed by atoms with van der Waals surface area (Å²) in [5, 5.41) is 0.533. The molecule has 5 heteroatoms. The van der Waals surface area contributed by atoms with Gasteiger partial charge in [0, 0.05) is 12.1 Å². The lowest BCUT2D eigenvalue weighted by atomic mass is 10.2. The van der Waals surface area contributed by atoms with E-state index in [1.165, 1.54) is 0 Å². The van der Waals surface area contributed by atoms with Gasteiger partial charge < -0.3 is 14.2 Å². The van der Waals surface area contributed by atoms with E-state index < -0.39 is 0 Å². The largest absolute Gasteiger partial charge is 0.490 e. The Kier molecular flexibility index (Phi) is 6.62. The molecule has 0 radical (unpaired) electrons. The number of rotatable bonds is 8. The number of benzene rings is 1. The molecule has 0 saturated carbocycles. The molecule has 0 atom stereocenters. The van der Waals surface area contributed by atoms with Crippen molar-refractivity contribution in [3.05, 3.63) is 28.8 Å². The highest BCUT2D eigenvalue weighted by Gasteiger charge is 2.03. The fourth-order valence-corrected chi connectivity index (χ4v) is 1.35. The third-order valence-electron chi connectivity index (χ3n) is 2.02. The van der Waals surface area contributed by atoms with E-state index >= 15 is 0 Å². The first-order valence-electron chi connectivity index (χ1n) is 5.22. The first-order chi connectivity index (χ1) is 8.27. The summed E-state index contributed by atoms with van der Waals surface area (Å²) in [6, 6.07) is 4.88.